The van der Waals surface area contributed by atoms with Gasteiger partial charge in [0.2, 0.25) is 0 Å². The quantitative estimate of drug-likeness (QED) is 0.0262. The first-order valence-corrected chi connectivity index (χ1v) is 26.9. The Morgan fingerprint density at radius 2 is 0.636 bits per heavy atom. The molecule has 0 aliphatic heterocycles. The second kappa shape index (κ2) is 53.7. The third kappa shape index (κ3) is 51.1. The molecule has 0 rings (SSSR count). The Labute approximate surface area is 406 Å². The molecule has 0 heterocycles. The lowest BCUT2D eigenvalue weighted by molar-refractivity contribution is -0.166. The Hall–Kier alpha value is -3.93. The lowest BCUT2D eigenvalue weighted by Gasteiger charge is -2.18. The molecule has 0 N–H and O–H groups in total. The molecule has 0 amide bonds. The summed E-state index contributed by atoms with van der Waals surface area (Å²) in [5.41, 5.74) is 0. The Balaban J connectivity index is 4.54. The van der Waals surface area contributed by atoms with Crippen molar-refractivity contribution < 1.29 is 28.6 Å². The van der Waals surface area contributed by atoms with Crippen molar-refractivity contribution in [2.75, 3.05) is 13.2 Å². The van der Waals surface area contributed by atoms with E-state index in [1.165, 1.54) is 83.5 Å². The molecule has 0 saturated heterocycles. The first-order chi connectivity index (χ1) is 32.5. The molecule has 6 heteroatoms. The maximum absolute atomic E-state index is 12.8. The zero-order valence-corrected chi connectivity index (χ0v) is 42.7. The predicted molar refractivity (Wildman–Crippen MR) is 283 cm³/mol. The fraction of sp³-hybridized carbons (Fsp3) is 0.650. The van der Waals surface area contributed by atoms with Crippen LogP contribution in [0.2, 0.25) is 0 Å². The molecule has 0 aliphatic carbocycles. The number of hydrogen-bond donors (Lipinski definition) is 0. The molecule has 66 heavy (non-hydrogen) atoms. The van der Waals surface area contributed by atoms with Crippen LogP contribution in [-0.4, -0.2) is 37.2 Å². The fourth-order valence-corrected chi connectivity index (χ4v) is 6.95. The molecule has 0 aromatic rings. The van der Waals surface area contributed by atoms with Crippen LogP contribution in [0.3, 0.4) is 0 Å². The van der Waals surface area contributed by atoms with Crippen molar-refractivity contribution in [3.05, 3.63) is 109 Å². The molecule has 0 unspecified atom stereocenters. The van der Waals surface area contributed by atoms with Gasteiger partial charge in [-0.15, -0.1) is 0 Å². The summed E-state index contributed by atoms with van der Waals surface area (Å²) in [6, 6.07) is 0. The molecule has 0 fully saturated rings. The normalized spacial score (nSPS) is 13.0. The lowest BCUT2D eigenvalue weighted by atomic mass is 10.1. The number of ether oxygens (including phenoxy) is 3. The smallest absolute Gasteiger partial charge is 0.306 e. The first kappa shape index (κ1) is 62.1. The molecule has 0 aliphatic rings. The summed E-state index contributed by atoms with van der Waals surface area (Å²) >= 11 is 0. The largest absolute Gasteiger partial charge is 0.462 e. The van der Waals surface area contributed by atoms with Gasteiger partial charge in [-0.2, -0.15) is 0 Å². The minimum Gasteiger partial charge on any atom is -0.462 e. The summed E-state index contributed by atoms with van der Waals surface area (Å²) in [6.07, 6.45) is 72.2. The average molecular weight is 915 g/mol. The van der Waals surface area contributed by atoms with Crippen LogP contribution < -0.4 is 0 Å². The third-order valence-corrected chi connectivity index (χ3v) is 11.0. The van der Waals surface area contributed by atoms with Crippen molar-refractivity contribution in [1.29, 1.82) is 0 Å². The van der Waals surface area contributed by atoms with Crippen molar-refractivity contribution in [3.8, 4) is 0 Å². The molecule has 374 valence electrons. The second-order valence-electron chi connectivity index (χ2n) is 17.4. The van der Waals surface area contributed by atoms with Crippen LogP contribution in [0.5, 0.6) is 0 Å². The van der Waals surface area contributed by atoms with E-state index in [1.54, 1.807) is 0 Å². The number of esters is 3. The minimum atomic E-state index is -0.818. The standard InChI is InChI=1S/C60H98O6/c1-4-7-10-13-16-19-22-25-28-29-30-31-33-35-38-41-44-47-50-53-59(62)65-56-57(55-64-58(61)52-49-46-43-40-37-34-27-24-21-18-15-12-9-6-3)66-60(63)54-51-48-45-42-39-36-32-26-23-20-17-14-11-8-5-2/h7,10,15-16,18-20,23-25,27-28,30-31,35,38,44,47,57H,4-6,8-9,11-14,17,21-22,26,29,32-34,36-37,39-43,45-46,48-56H2,1-3H3/b10-7+,18-15+,19-16+,23-20+,27-24+,28-25+,31-30+,38-35+,47-44+/t57-/m1/s1. The van der Waals surface area contributed by atoms with E-state index in [4.69, 9.17) is 14.2 Å². The fourth-order valence-electron chi connectivity index (χ4n) is 6.95. The van der Waals surface area contributed by atoms with Crippen LogP contribution in [-0.2, 0) is 28.6 Å². The monoisotopic (exact) mass is 915 g/mol. The number of allylic oxidation sites excluding steroid dienone is 18. The molecule has 0 radical (unpaired) electrons. The number of carbonyl (C=O) groups excluding carboxylic acids is 3. The predicted octanol–water partition coefficient (Wildman–Crippen LogP) is 17.9. The van der Waals surface area contributed by atoms with Crippen LogP contribution in [0.4, 0.5) is 0 Å². The van der Waals surface area contributed by atoms with Crippen molar-refractivity contribution in [2.45, 2.75) is 239 Å². The molecule has 0 aromatic heterocycles. The summed E-state index contributed by atoms with van der Waals surface area (Å²) in [5.74, 6) is -1.02. The summed E-state index contributed by atoms with van der Waals surface area (Å²) in [5, 5.41) is 0. The van der Waals surface area contributed by atoms with Gasteiger partial charge in [0.25, 0.3) is 0 Å². The molecule has 1 atom stereocenters. The van der Waals surface area contributed by atoms with Crippen molar-refractivity contribution in [1.82, 2.24) is 0 Å². The maximum atomic E-state index is 12.8. The number of rotatable bonds is 47. The Kier molecular flexibility index (Phi) is 50.5. The SMILES string of the molecule is CC/C=C/C/C=C/C/C=C/C/C=C/C/C=C/C/C=C/CCC(=O)OC[C@@H](COC(=O)CCCCCCC/C=C/C/C=C/CCCC)OC(=O)CCCCCCCCC/C=C/CCCCCC. The van der Waals surface area contributed by atoms with Gasteiger partial charge in [-0.3, -0.25) is 14.4 Å². The maximum Gasteiger partial charge on any atom is 0.306 e. The van der Waals surface area contributed by atoms with Crippen LogP contribution in [0.1, 0.15) is 233 Å². The van der Waals surface area contributed by atoms with E-state index in [0.717, 1.165) is 103 Å². The third-order valence-electron chi connectivity index (χ3n) is 11.0. The van der Waals surface area contributed by atoms with Gasteiger partial charge in [-0.05, 0) is 109 Å². The van der Waals surface area contributed by atoms with Gasteiger partial charge < -0.3 is 14.2 Å². The minimum absolute atomic E-state index is 0.112. The van der Waals surface area contributed by atoms with E-state index < -0.39 is 6.10 Å². The highest BCUT2D eigenvalue weighted by atomic mass is 16.6. The molecule has 0 saturated carbocycles. The Morgan fingerprint density at radius 3 is 1.08 bits per heavy atom. The van der Waals surface area contributed by atoms with E-state index >= 15 is 0 Å². The van der Waals surface area contributed by atoms with Crippen molar-refractivity contribution in [3.63, 3.8) is 0 Å². The first-order valence-electron chi connectivity index (χ1n) is 26.9. The van der Waals surface area contributed by atoms with Gasteiger partial charge in [0, 0.05) is 19.3 Å². The highest BCUT2D eigenvalue weighted by Crippen LogP contribution is 2.13. The van der Waals surface area contributed by atoms with Gasteiger partial charge in [0.1, 0.15) is 13.2 Å². The summed E-state index contributed by atoms with van der Waals surface area (Å²) < 4.78 is 16.7. The lowest BCUT2D eigenvalue weighted by Crippen LogP contribution is -2.30. The van der Waals surface area contributed by atoms with Crippen LogP contribution in [0.25, 0.3) is 0 Å². The Bertz CT molecular complexity index is 1370. The molecular weight excluding hydrogens is 817 g/mol. The molecular formula is C60H98O6. The van der Waals surface area contributed by atoms with E-state index in [0.29, 0.717) is 19.3 Å². The topological polar surface area (TPSA) is 78.9 Å². The van der Waals surface area contributed by atoms with Crippen molar-refractivity contribution >= 4 is 17.9 Å². The molecule has 0 spiro atoms. The van der Waals surface area contributed by atoms with Crippen LogP contribution in [0, 0.1) is 0 Å². The highest BCUT2D eigenvalue weighted by Gasteiger charge is 2.19. The highest BCUT2D eigenvalue weighted by molar-refractivity contribution is 5.71. The number of hydrogen-bond acceptors (Lipinski definition) is 6. The molecule has 0 bridgehead atoms. The summed E-state index contributed by atoms with van der Waals surface area (Å²) in [4.78, 5) is 38.0. The molecule has 6 nitrogen and oxygen atoms in total. The van der Waals surface area contributed by atoms with E-state index in [1.807, 2.05) is 6.08 Å². The van der Waals surface area contributed by atoms with Crippen LogP contribution in [0.15, 0.2) is 109 Å². The zero-order chi connectivity index (χ0) is 47.9. The van der Waals surface area contributed by atoms with Gasteiger partial charge in [0.15, 0.2) is 6.10 Å². The summed E-state index contributed by atoms with van der Waals surface area (Å²) in [6.45, 7) is 6.38. The van der Waals surface area contributed by atoms with Gasteiger partial charge in [-0.1, -0.05) is 214 Å². The van der Waals surface area contributed by atoms with Crippen LogP contribution >= 0.6 is 0 Å². The van der Waals surface area contributed by atoms with E-state index in [2.05, 4.69) is 124 Å². The summed E-state index contributed by atoms with van der Waals surface area (Å²) in [7, 11) is 0. The Morgan fingerprint density at radius 1 is 0.318 bits per heavy atom. The van der Waals surface area contributed by atoms with Gasteiger partial charge in [0.05, 0.1) is 0 Å². The second-order valence-corrected chi connectivity index (χ2v) is 17.4. The van der Waals surface area contributed by atoms with E-state index in [-0.39, 0.29) is 37.5 Å². The average Bonchev–Trinajstić information content (AvgIpc) is 3.31. The van der Waals surface area contributed by atoms with Gasteiger partial charge >= 0.3 is 17.9 Å². The number of carbonyl (C=O) groups is 3. The zero-order valence-electron chi connectivity index (χ0n) is 42.7. The molecule has 0 aromatic carbocycles. The van der Waals surface area contributed by atoms with E-state index in [9.17, 15) is 14.4 Å². The van der Waals surface area contributed by atoms with Crippen molar-refractivity contribution in [2.24, 2.45) is 0 Å². The number of unbranched alkanes of at least 4 members (excludes halogenated alkanes) is 18. The van der Waals surface area contributed by atoms with Gasteiger partial charge in [-0.25, -0.2) is 0 Å².